The molecule has 0 bridgehead atoms. The standard InChI is InChI=1S/C6H9NO/c8-6-4-5-2-1-3-7(5)6/h5H,1-4H2/t5-/m1/s1. The Morgan fingerprint density at radius 2 is 2.50 bits per heavy atom. The highest BCUT2D eigenvalue weighted by molar-refractivity contribution is 5.83. The Balaban J connectivity index is 2.11. The summed E-state index contributed by atoms with van der Waals surface area (Å²) in [5.74, 6) is 0.368. The third-order valence-corrected chi connectivity index (χ3v) is 2.11. The molecule has 8 heavy (non-hydrogen) atoms. The number of rotatable bonds is 0. The van der Waals surface area contributed by atoms with Crippen molar-refractivity contribution in [2.45, 2.75) is 25.3 Å². The van der Waals surface area contributed by atoms with E-state index in [0.717, 1.165) is 13.0 Å². The van der Waals surface area contributed by atoms with E-state index in [1.54, 1.807) is 0 Å². The zero-order chi connectivity index (χ0) is 5.56. The summed E-state index contributed by atoms with van der Waals surface area (Å²) in [4.78, 5) is 12.6. The van der Waals surface area contributed by atoms with Gasteiger partial charge in [0.1, 0.15) is 0 Å². The van der Waals surface area contributed by atoms with Crippen molar-refractivity contribution in [3.8, 4) is 0 Å². The molecule has 0 saturated carbocycles. The summed E-state index contributed by atoms with van der Waals surface area (Å²) in [5.41, 5.74) is 0. The van der Waals surface area contributed by atoms with Crippen LogP contribution in [-0.4, -0.2) is 23.4 Å². The van der Waals surface area contributed by atoms with Crippen molar-refractivity contribution in [3.05, 3.63) is 0 Å². The number of hydrogen-bond acceptors (Lipinski definition) is 1. The Morgan fingerprint density at radius 1 is 1.62 bits per heavy atom. The van der Waals surface area contributed by atoms with Gasteiger partial charge in [-0.3, -0.25) is 4.79 Å². The topological polar surface area (TPSA) is 20.3 Å². The van der Waals surface area contributed by atoms with Crippen LogP contribution in [-0.2, 0) is 4.79 Å². The summed E-state index contributed by atoms with van der Waals surface area (Å²) in [6.07, 6.45) is 3.32. The predicted octanol–water partition coefficient (Wildman–Crippen LogP) is 0.381. The van der Waals surface area contributed by atoms with Gasteiger partial charge in [-0.15, -0.1) is 0 Å². The van der Waals surface area contributed by atoms with Gasteiger partial charge in [0.15, 0.2) is 0 Å². The van der Waals surface area contributed by atoms with Crippen molar-refractivity contribution in [1.82, 2.24) is 4.90 Å². The summed E-state index contributed by atoms with van der Waals surface area (Å²) in [5, 5.41) is 0. The summed E-state index contributed by atoms with van der Waals surface area (Å²) in [6, 6.07) is 0.655. The summed E-state index contributed by atoms with van der Waals surface area (Å²) < 4.78 is 0. The molecule has 0 aromatic heterocycles. The van der Waals surface area contributed by atoms with E-state index in [2.05, 4.69) is 0 Å². The molecule has 0 N–H and O–H groups in total. The molecular formula is C6H9NO. The molecule has 2 nitrogen and oxygen atoms in total. The number of carbonyl (C=O) groups excluding carboxylic acids is 1. The Hall–Kier alpha value is -0.530. The number of fused-ring (bicyclic) bond motifs is 1. The van der Waals surface area contributed by atoms with Crippen LogP contribution in [0.5, 0.6) is 0 Å². The normalized spacial score (nSPS) is 34.8. The molecule has 44 valence electrons. The second-order valence-electron chi connectivity index (χ2n) is 2.59. The fraction of sp³-hybridized carbons (Fsp3) is 0.833. The van der Waals surface area contributed by atoms with Crippen LogP contribution in [0.2, 0.25) is 0 Å². The number of carbonyl (C=O) groups is 1. The minimum absolute atomic E-state index is 0.368. The van der Waals surface area contributed by atoms with Crippen LogP contribution in [0.4, 0.5) is 0 Å². The Labute approximate surface area is 48.5 Å². The van der Waals surface area contributed by atoms with E-state index in [1.807, 2.05) is 4.90 Å². The van der Waals surface area contributed by atoms with Crippen LogP contribution in [0.15, 0.2) is 0 Å². The van der Waals surface area contributed by atoms with Gasteiger partial charge in [-0.1, -0.05) is 0 Å². The third kappa shape index (κ3) is 0.358. The molecule has 2 heterocycles. The van der Waals surface area contributed by atoms with Gasteiger partial charge in [-0.25, -0.2) is 0 Å². The fourth-order valence-corrected chi connectivity index (χ4v) is 1.58. The highest BCUT2D eigenvalue weighted by Gasteiger charge is 2.38. The van der Waals surface area contributed by atoms with Crippen molar-refractivity contribution in [3.63, 3.8) is 0 Å². The lowest BCUT2D eigenvalue weighted by Gasteiger charge is -2.33. The Morgan fingerprint density at radius 3 is 3.00 bits per heavy atom. The number of hydrogen-bond donors (Lipinski definition) is 0. The molecule has 0 unspecified atom stereocenters. The van der Waals surface area contributed by atoms with Crippen LogP contribution in [0.3, 0.4) is 0 Å². The molecule has 2 aliphatic heterocycles. The van der Waals surface area contributed by atoms with E-state index < -0.39 is 0 Å². The Kier molecular flexibility index (Phi) is 0.678. The van der Waals surface area contributed by atoms with E-state index in [4.69, 9.17) is 0 Å². The van der Waals surface area contributed by atoms with Gasteiger partial charge < -0.3 is 4.90 Å². The fourth-order valence-electron chi connectivity index (χ4n) is 1.58. The first-order chi connectivity index (χ1) is 3.88. The van der Waals surface area contributed by atoms with Gasteiger partial charge >= 0.3 is 0 Å². The van der Waals surface area contributed by atoms with Crippen molar-refractivity contribution in [1.29, 1.82) is 0 Å². The van der Waals surface area contributed by atoms with Crippen molar-refractivity contribution < 1.29 is 4.79 Å². The SMILES string of the molecule is O=C1C[C@H]2CCCN12. The molecule has 0 radical (unpaired) electrons. The molecule has 0 aromatic carbocycles. The van der Waals surface area contributed by atoms with Gasteiger partial charge in [-0.05, 0) is 12.8 Å². The molecule has 1 atom stereocenters. The third-order valence-electron chi connectivity index (χ3n) is 2.11. The molecule has 2 heteroatoms. The van der Waals surface area contributed by atoms with E-state index in [9.17, 15) is 4.79 Å². The smallest absolute Gasteiger partial charge is 0.224 e. The van der Waals surface area contributed by atoms with Gasteiger partial charge in [0.25, 0.3) is 0 Å². The van der Waals surface area contributed by atoms with Crippen LogP contribution in [0.25, 0.3) is 0 Å². The van der Waals surface area contributed by atoms with E-state index in [1.165, 1.54) is 12.8 Å². The maximum Gasteiger partial charge on any atom is 0.224 e. The summed E-state index contributed by atoms with van der Waals surface area (Å²) >= 11 is 0. The van der Waals surface area contributed by atoms with Crippen molar-refractivity contribution in [2.24, 2.45) is 0 Å². The molecular weight excluding hydrogens is 102 g/mol. The molecule has 2 rings (SSSR count). The monoisotopic (exact) mass is 111 g/mol. The maximum absolute atomic E-state index is 10.6. The number of amides is 1. The molecule has 0 aliphatic carbocycles. The van der Waals surface area contributed by atoms with Gasteiger partial charge in [0, 0.05) is 19.0 Å². The van der Waals surface area contributed by atoms with Crippen molar-refractivity contribution in [2.75, 3.05) is 6.54 Å². The first-order valence-electron chi connectivity index (χ1n) is 3.17. The number of β-lactam (4-membered cyclic amide) rings is 1. The second-order valence-corrected chi connectivity index (χ2v) is 2.59. The van der Waals surface area contributed by atoms with Crippen LogP contribution in [0, 0.1) is 0 Å². The first kappa shape index (κ1) is 4.36. The molecule has 2 fully saturated rings. The number of nitrogens with zero attached hydrogens (tertiary/aromatic N) is 1. The lowest BCUT2D eigenvalue weighted by atomic mass is 10.0. The molecule has 1 amide bonds. The van der Waals surface area contributed by atoms with Crippen LogP contribution in [0.1, 0.15) is 19.3 Å². The van der Waals surface area contributed by atoms with Gasteiger partial charge in [0.05, 0.1) is 0 Å². The van der Waals surface area contributed by atoms with Crippen LogP contribution < -0.4 is 0 Å². The van der Waals surface area contributed by atoms with Crippen LogP contribution >= 0.6 is 0 Å². The summed E-state index contributed by atoms with van der Waals surface area (Å²) in [6.45, 7) is 1.03. The minimum atomic E-state index is 0.368. The highest BCUT2D eigenvalue weighted by Crippen LogP contribution is 2.29. The largest absolute Gasteiger partial charge is 0.339 e. The maximum atomic E-state index is 10.6. The highest BCUT2D eigenvalue weighted by atomic mass is 16.2. The lowest BCUT2D eigenvalue weighted by molar-refractivity contribution is -0.142. The molecule has 0 aromatic rings. The quantitative estimate of drug-likeness (QED) is 0.414. The zero-order valence-corrected chi connectivity index (χ0v) is 4.76. The average Bonchev–Trinajstić information content (AvgIpc) is 2.09. The first-order valence-corrected chi connectivity index (χ1v) is 3.17. The van der Waals surface area contributed by atoms with Crippen molar-refractivity contribution >= 4 is 5.91 Å². The molecule has 0 spiro atoms. The van der Waals surface area contributed by atoms with E-state index in [-0.39, 0.29) is 0 Å². The zero-order valence-electron chi connectivity index (χ0n) is 4.76. The van der Waals surface area contributed by atoms with E-state index in [0.29, 0.717) is 11.9 Å². The summed E-state index contributed by atoms with van der Waals surface area (Å²) in [7, 11) is 0. The van der Waals surface area contributed by atoms with E-state index >= 15 is 0 Å². The average molecular weight is 111 g/mol. The van der Waals surface area contributed by atoms with Gasteiger partial charge in [-0.2, -0.15) is 0 Å². The molecule has 2 aliphatic rings. The predicted molar refractivity (Wildman–Crippen MR) is 29.4 cm³/mol. The second kappa shape index (κ2) is 1.24. The van der Waals surface area contributed by atoms with Gasteiger partial charge in [0.2, 0.25) is 5.91 Å². The lowest BCUT2D eigenvalue weighted by Crippen LogP contribution is -2.47. The Bertz CT molecular complexity index is 132. The molecule has 2 saturated heterocycles. The minimum Gasteiger partial charge on any atom is -0.339 e.